The summed E-state index contributed by atoms with van der Waals surface area (Å²) >= 11 is 0. The molecule has 0 spiro atoms. The highest BCUT2D eigenvalue weighted by Gasteiger charge is 2.31. The summed E-state index contributed by atoms with van der Waals surface area (Å²) in [6.07, 6.45) is -4.39. The van der Waals surface area contributed by atoms with Gasteiger partial charge < -0.3 is 10.6 Å². The topological polar surface area (TPSA) is 58.2 Å². The van der Waals surface area contributed by atoms with Crippen molar-refractivity contribution in [1.82, 2.24) is 5.32 Å². The number of benzene rings is 2. The highest BCUT2D eigenvalue weighted by molar-refractivity contribution is 5.97. The fourth-order valence-corrected chi connectivity index (χ4v) is 2.53. The number of nitrogens with one attached hydrogen (secondary N) is 2. The van der Waals surface area contributed by atoms with Crippen LogP contribution in [0.3, 0.4) is 0 Å². The molecule has 2 aromatic carbocycles. The van der Waals surface area contributed by atoms with E-state index < -0.39 is 23.7 Å². The molecule has 0 heterocycles. The van der Waals surface area contributed by atoms with E-state index in [4.69, 9.17) is 0 Å². The van der Waals surface area contributed by atoms with Crippen molar-refractivity contribution in [2.75, 3.05) is 5.32 Å². The van der Waals surface area contributed by atoms with E-state index in [9.17, 15) is 22.8 Å². The summed E-state index contributed by atoms with van der Waals surface area (Å²) in [6, 6.07) is 12.6. The average molecular weight is 378 g/mol. The first-order valence-electron chi connectivity index (χ1n) is 8.48. The van der Waals surface area contributed by atoms with Crippen LogP contribution in [0.5, 0.6) is 0 Å². The van der Waals surface area contributed by atoms with E-state index in [2.05, 4.69) is 10.6 Å². The Labute approximate surface area is 155 Å². The largest absolute Gasteiger partial charge is 0.416 e. The Morgan fingerprint density at radius 2 is 1.67 bits per heavy atom. The maximum absolute atomic E-state index is 12.8. The van der Waals surface area contributed by atoms with Crippen LogP contribution in [0, 0.1) is 5.92 Å². The molecule has 0 aliphatic rings. The van der Waals surface area contributed by atoms with Crippen LogP contribution in [0.2, 0.25) is 0 Å². The van der Waals surface area contributed by atoms with Crippen molar-refractivity contribution < 1.29 is 22.8 Å². The summed E-state index contributed by atoms with van der Waals surface area (Å²) in [6.45, 7) is 3.50. The van der Waals surface area contributed by atoms with Crippen LogP contribution in [0.15, 0.2) is 54.6 Å². The van der Waals surface area contributed by atoms with Gasteiger partial charge in [-0.05, 0) is 29.7 Å². The summed E-state index contributed by atoms with van der Waals surface area (Å²) in [5.74, 6) is -1.14. The van der Waals surface area contributed by atoms with Crippen LogP contribution in [-0.4, -0.2) is 17.9 Å². The first kappa shape index (κ1) is 20.5. The Balaban J connectivity index is 2.05. The first-order chi connectivity index (χ1) is 12.7. The zero-order valence-corrected chi connectivity index (χ0v) is 15.0. The monoisotopic (exact) mass is 378 g/mol. The van der Waals surface area contributed by atoms with Gasteiger partial charge >= 0.3 is 6.18 Å². The van der Waals surface area contributed by atoms with Gasteiger partial charge in [-0.1, -0.05) is 50.2 Å². The van der Waals surface area contributed by atoms with Crippen molar-refractivity contribution in [2.45, 2.75) is 32.5 Å². The van der Waals surface area contributed by atoms with Gasteiger partial charge in [0.05, 0.1) is 12.0 Å². The van der Waals surface area contributed by atoms with Crippen molar-refractivity contribution in [3.63, 3.8) is 0 Å². The van der Waals surface area contributed by atoms with Crippen molar-refractivity contribution in [2.24, 2.45) is 5.92 Å². The molecule has 2 rings (SSSR count). The molecule has 2 aromatic rings. The summed E-state index contributed by atoms with van der Waals surface area (Å²) in [5.41, 5.74) is -0.0249. The molecule has 0 aromatic heterocycles. The highest BCUT2D eigenvalue weighted by Crippen LogP contribution is 2.30. The quantitative estimate of drug-likeness (QED) is 0.797. The smallest absolute Gasteiger partial charge is 0.344 e. The Kier molecular flexibility index (Phi) is 6.60. The van der Waals surface area contributed by atoms with Crippen molar-refractivity contribution in [1.29, 1.82) is 0 Å². The minimum atomic E-state index is -4.50. The van der Waals surface area contributed by atoms with Gasteiger partial charge in [-0.25, -0.2) is 0 Å². The van der Waals surface area contributed by atoms with E-state index in [0.717, 1.165) is 17.7 Å². The zero-order chi connectivity index (χ0) is 20.0. The van der Waals surface area contributed by atoms with Gasteiger partial charge in [0.2, 0.25) is 11.8 Å². The summed E-state index contributed by atoms with van der Waals surface area (Å²) in [4.78, 5) is 24.7. The number of carbonyl (C=O) groups is 2. The lowest BCUT2D eigenvalue weighted by Gasteiger charge is -2.22. The summed E-state index contributed by atoms with van der Waals surface area (Å²) < 4.78 is 38.4. The molecule has 7 heteroatoms. The van der Waals surface area contributed by atoms with Gasteiger partial charge in [0.15, 0.2) is 0 Å². The van der Waals surface area contributed by atoms with Crippen molar-refractivity contribution >= 4 is 17.5 Å². The molecule has 0 fully saturated rings. The molecule has 0 unspecified atom stereocenters. The van der Waals surface area contributed by atoms with E-state index in [0.29, 0.717) is 0 Å². The van der Waals surface area contributed by atoms with E-state index in [1.807, 2.05) is 18.2 Å². The molecule has 144 valence electrons. The summed E-state index contributed by atoms with van der Waals surface area (Å²) in [5, 5.41) is 5.11. The lowest BCUT2D eigenvalue weighted by atomic mass is 10.0. The molecule has 0 aliphatic heterocycles. The predicted molar refractivity (Wildman–Crippen MR) is 97.0 cm³/mol. The molecule has 0 aliphatic carbocycles. The standard InChI is InChI=1S/C20H21F3N2O2/c1-13(2)18(25-17(26)11-14-7-4-3-5-8-14)19(27)24-16-10-6-9-15(12-16)20(21,22)23/h3-10,12-13,18H,11H2,1-2H3,(H,24,27)(H,25,26)/t18-/m0/s1. The van der Waals surface area contributed by atoms with Gasteiger partial charge in [0, 0.05) is 5.69 Å². The van der Waals surface area contributed by atoms with E-state index in [-0.39, 0.29) is 23.9 Å². The number of amides is 2. The first-order valence-corrected chi connectivity index (χ1v) is 8.48. The number of alkyl halides is 3. The van der Waals surface area contributed by atoms with Crippen LogP contribution < -0.4 is 10.6 Å². The van der Waals surface area contributed by atoms with Gasteiger partial charge in [-0.2, -0.15) is 13.2 Å². The maximum atomic E-state index is 12.8. The van der Waals surface area contributed by atoms with E-state index in [1.165, 1.54) is 12.1 Å². The Morgan fingerprint density at radius 3 is 2.26 bits per heavy atom. The third-order valence-corrected chi connectivity index (χ3v) is 3.93. The van der Waals surface area contributed by atoms with Crippen LogP contribution in [0.25, 0.3) is 0 Å². The summed E-state index contributed by atoms with van der Waals surface area (Å²) in [7, 11) is 0. The molecule has 0 radical (unpaired) electrons. The third kappa shape index (κ3) is 6.13. The Morgan fingerprint density at radius 1 is 1.00 bits per heavy atom. The minimum absolute atomic E-state index is 0.0257. The van der Waals surface area contributed by atoms with Gasteiger partial charge in [-0.15, -0.1) is 0 Å². The van der Waals surface area contributed by atoms with E-state index >= 15 is 0 Å². The molecular weight excluding hydrogens is 357 g/mol. The maximum Gasteiger partial charge on any atom is 0.416 e. The van der Waals surface area contributed by atoms with Crippen LogP contribution in [0.1, 0.15) is 25.0 Å². The van der Waals surface area contributed by atoms with Gasteiger partial charge in [0.25, 0.3) is 0 Å². The molecule has 0 saturated carbocycles. The van der Waals surface area contributed by atoms with Crippen LogP contribution >= 0.6 is 0 Å². The lowest BCUT2D eigenvalue weighted by Crippen LogP contribution is -2.47. The fraction of sp³-hybridized carbons (Fsp3) is 0.300. The van der Waals surface area contributed by atoms with Crippen LogP contribution in [-0.2, 0) is 22.2 Å². The molecular formula is C20H21F3N2O2. The number of hydrogen-bond donors (Lipinski definition) is 2. The number of carbonyl (C=O) groups excluding carboxylic acids is 2. The van der Waals surface area contributed by atoms with Crippen LogP contribution in [0.4, 0.5) is 18.9 Å². The van der Waals surface area contributed by atoms with Crippen molar-refractivity contribution in [3.8, 4) is 0 Å². The molecule has 2 amide bonds. The molecule has 0 saturated heterocycles. The fourth-order valence-electron chi connectivity index (χ4n) is 2.53. The van der Waals surface area contributed by atoms with Crippen molar-refractivity contribution in [3.05, 3.63) is 65.7 Å². The molecule has 1 atom stereocenters. The lowest BCUT2D eigenvalue weighted by molar-refractivity contribution is -0.137. The Bertz CT molecular complexity index is 789. The molecule has 2 N–H and O–H groups in total. The van der Waals surface area contributed by atoms with Gasteiger partial charge in [-0.3, -0.25) is 9.59 Å². The van der Waals surface area contributed by atoms with E-state index in [1.54, 1.807) is 26.0 Å². The number of anilines is 1. The second-order valence-corrected chi connectivity index (χ2v) is 6.52. The zero-order valence-electron chi connectivity index (χ0n) is 15.0. The predicted octanol–water partition coefficient (Wildman–Crippen LogP) is 4.03. The SMILES string of the molecule is CC(C)[C@H](NC(=O)Cc1ccccc1)C(=O)Nc1cccc(C(F)(F)F)c1. The molecule has 27 heavy (non-hydrogen) atoms. The Hall–Kier alpha value is -2.83. The second-order valence-electron chi connectivity index (χ2n) is 6.52. The second kappa shape index (κ2) is 8.70. The number of halogens is 3. The van der Waals surface area contributed by atoms with Gasteiger partial charge in [0.1, 0.15) is 6.04 Å². The molecule has 4 nitrogen and oxygen atoms in total. The average Bonchev–Trinajstić information content (AvgIpc) is 2.59. The molecule has 0 bridgehead atoms. The third-order valence-electron chi connectivity index (χ3n) is 3.93. The number of hydrogen-bond acceptors (Lipinski definition) is 2. The normalized spacial score (nSPS) is 12.5. The highest BCUT2D eigenvalue weighted by atomic mass is 19.4. The number of rotatable bonds is 6. The minimum Gasteiger partial charge on any atom is -0.344 e.